The average Bonchev–Trinajstić information content (AvgIpc) is 2.48. The molecule has 0 amide bonds. The lowest BCUT2D eigenvalue weighted by atomic mass is 10.0. The van der Waals surface area contributed by atoms with E-state index in [1.807, 2.05) is 12.2 Å². The molecule has 1 N–H and O–H groups in total. The molecular formula is C11H16O. The van der Waals surface area contributed by atoms with E-state index in [1.165, 1.54) is 11.1 Å². The number of hydrogen-bond donors (Lipinski definition) is 1. The SMILES string of the molecule is C=CC1=C(C=C)CC(CCO)C1. The number of aliphatic hydroxyl groups is 1. The summed E-state index contributed by atoms with van der Waals surface area (Å²) in [7, 11) is 0. The van der Waals surface area contributed by atoms with Gasteiger partial charge in [-0.2, -0.15) is 0 Å². The van der Waals surface area contributed by atoms with Gasteiger partial charge in [0.25, 0.3) is 0 Å². The third-order valence-corrected chi connectivity index (χ3v) is 2.46. The highest BCUT2D eigenvalue weighted by Crippen LogP contribution is 2.34. The zero-order valence-corrected chi connectivity index (χ0v) is 7.42. The van der Waals surface area contributed by atoms with Gasteiger partial charge in [-0.3, -0.25) is 0 Å². The molecule has 0 unspecified atom stereocenters. The minimum Gasteiger partial charge on any atom is -0.396 e. The summed E-state index contributed by atoms with van der Waals surface area (Å²) in [5, 5.41) is 8.77. The molecule has 66 valence electrons. The molecule has 0 heterocycles. The Morgan fingerprint density at radius 2 is 1.75 bits per heavy atom. The van der Waals surface area contributed by atoms with Gasteiger partial charge in [-0.05, 0) is 36.3 Å². The summed E-state index contributed by atoms with van der Waals surface area (Å²) in [5.41, 5.74) is 2.62. The normalized spacial score (nSPS) is 18.4. The molecule has 0 saturated heterocycles. The lowest BCUT2D eigenvalue weighted by Crippen LogP contribution is -1.97. The fourth-order valence-corrected chi connectivity index (χ4v) is 1.77. The first-order valence-electron chi connectivity index (χ1n) is 4.39. The Kier molecular flexibility index (Phi) is 3.30. The van der Waals surface area contributed by atoms with Crippen molar-refractivity contribution in [3.63, 3.8) is 0 Å². The quantitative estimate of drug-likeness (QED) is 0.676. The predicted molar refractivity (Wildman–Crippen MR) is 51.8 cm³/mol. The second-order valence-corrected chi connectivity index (χ2v) is 3.25. The summed E-state index contributed by atoms with van der Waals surface area (Å²) < 4.78 is 0. The largest absolute Gasteiger partial charge is 0.396 e. The van der Waals surface area contributed by atoms with Gasteiger partial charge in [0.15, 0.2) is 0 Å². The standard InChI is InChI=1S/C11H16O/c1-3-10-7-9(5-6-12)8-11(10)4-2/h3-4,9,12H,1-2,5-8H2. The van der Waals surface area contributed by atoms with Gasteiger partial charge < -0.3 is 5.11 Å². The van der Waals surface area contributed by atoms with Crippen molar-refractivity contribution in [3.8, 4) is 0 Å². The molecule has 1 heteroatoms. The van der Waals surface area contributed by atoms with Crippen LogP contribution in [0.1, 0.15) is 19.3 Å². The third kappa shape index (κ3) is 1.86. The van der Waals surface area contributed by atoms with Crippen molar-refractivity contribution in [2.45, 2.75) is 19.3 Å². The molecule has 0 spiro atoms. The Balaban J connectivity index is 2.59. The Morgan fingerprint density at radius 3 is 2.08 bits per heavy atom. The van der Waals surface area contributed by atoms with Crippen molar-refractivity contribution >= 4 is 0 Å². The van der Waals surface area contributed by atoms with E-state index in [0.29, 0.717) is 12.5 Å². The molecule has 0 fully saturated rings. The maximum absolute atomic E-state index is 8.77. The van der Waals surface area contributed by atoms with Gasteiger partial charge in [0.2, 0.25) is 0 Å². The van der Waals surface area contributed by atoms with Crippen LogP contribution in [-0.4, -0.2) is 11.7 Å². The van der Waals surface area contributed by atoms with E-state index < -0.39 is 0 Å². The third-order valence-electron chi connectivity index (χ3n) is 2.46. The van der Waals surface area contributed by atoms with Crippen molar-refractivity contribution in [2.75, 3.05) is 6.61 Å². The lowest BCUT2D eigenvalue weighted by molar-refractivity contribution is 0.259. The Hall–Kier alpha value is -0.820. The van der Waals surface area contributed by atoms with Gasteiger partial charge in [0.1, 0.15) is 0 Å². The van der Waals surface area contributed by atoms with Crippen molar-refractivity contribution in [2.24, 2.45) is 5.92 Å². The van der Waals surface area contributed by atoms with Gasteiger partial charge in [-0.15, -0.1) is 0 Å². The highest BCUT2D eigenvalue weighted by atomic mass is 16.3. The van der Waals surface area contributed by atoms with E-state index in [-0.39, 0.29) is 0 Å². The molecule has 1 aliphatic rings. The van der Waals surface area contributed by atoms with Crippen LogP contribution in [0.2, 0.25) is 0 Å². The molecule has 0 aliphatic heterocycles. The topological polar surface area (TPSA) is 20.2 Å². The highest BCUT2D eigenvalue weighted by molar-refractivity contribution is 5.35. The van der Waals surface area contributed by atoms with Crippen LogP contribution in [0.4, 0.5) is 0 Å². The fraction of sp³-hybridized carbons (Fsp3) is 0.455. The molecule has 0 saturated carbocycles. The first-order chi connectivity index (χ1) is 5.81. The smallest absolute Gasteiger partial charge is 0.0433 e. The number of rotatable bonds is 4. The van der Waals surface area contributed by atoms with Crippen LogP contribution in [0.3, 0.4) is 0 Å². The van der Waals surface area contributed by atoms with E-state index in [2.05, 4.69) is 13.2 Å². The summed E-state index contributed by atoms with van der Waals surface area (Å²) in [4.78, 5) is 0. The van der Waals surface area contributed by atoms with E-state index >= 15 is 0 Å². The summed E-state index contributed by atoms with van der Waals surface area (Å²) in [5.74, 6) is 0.607. The second-order valence-electron chi connectivity index (χ2n) is 3.25. The fourth-order valence-electron chi connectivity index (χ4n) is 1.77. The molecule has 0 atom stereocenters. The van der Waals surface area contributed by atoms with Crippen molar-refractivity contribution in [3.05, 3.63) is 36.5 Å². The molecular weight excluding hydrogens is 148 g/mol. The van der Waals surface area contributed by atoms with E-state index in [9.17, 15) is 0 Å². The van der Waals surface area contributed by atoms with Gasteiger partial charge in [-0.25, -0.2) is 0 Å². The molecule has 1 nitrogen and oxygen atoms in total. The minimum atomic E-state index is 0.291. The van der Waals surface area contributed by atoms with Crippen LogP contribution in [-0.2, 0) is 0 Å². The maximum Gasteiger partial charge on any atom is 0.0433 e. The lowest BCUT2D eigenvalue weighted by Gasteiger charge is -2.05. The molecule has 0 aromatic carbocycles. The van der Waals surface area contributed by atoms with E-state index in [0.717, 1.165) is 19.3 Å². The second kappa shape index (κ2) is 4.27. The minimum absolute atomic E-state index is 0.291. The van der Waals surface area contributed by atoms with Crippen molar-refractivity contribution < 1.29 is 5.11 Å². The van der Waals surface area contributed by atoms with Crippen LogP contribution in [0, 0.1) is 5.92 Å². The number of allylic oxidation sites excluding steroid dienone is 4. The van der Waals surface area contributed by atoms with Crippen LogP contribution < -0.4 is 0 Å². The molecule has 0 aromatic rings. The van der Waals surface area contributed by atoms with Gasteiger partial charge in [0.05, 0.1) is 0 Å². The number of aliphatic hydroxyl groups excluding tert-OH is 1. The summed E-state index contributed by atoms with van der Waals surface area (Å²) in [6, 6.07) is 0. The average molecular weight is 164 g/mol. The van der Waals surface area contributed by atoms with Gasteiger partial charge >= 0.3 is 0 Å². The van der Waals surface area contributed by atoms with Crippen LogP contribution in [0.25, 0.3) is 0 Å². The van der Waals surface area contributed by atoms with Gasteiger partial charge in [-0.1, -0.05) is 25.3 Å². The Morgan fingerprint density at radius 1 is 1.25 bits per heavy atom. The zero-order valence-electron chi connectivity index (χ0n) is 7.42. The monoisotopic (exact) mass is 164 g/mol. The summed E-state index contributed by atoms with van der Waals surface area (Å²) in [6.07, 6.45) is 6.84. The summed E-state index contributed by atoms with van der Waals surface area (Å²) >= 11 is 0. The first-order valence-corrected chi connectivity index (χ1v) is 4.39. The first kappa shape index (κ1) is 9.27. The number of hydrogen-bond acceptors (Lipinski definition) is 1. The Bertz CT molecular complexity index is 193. The van der Waals surface area contributed by atoms with Crippen molar-refractivity contribution in [1.82, 2.24) is 0 Å². The molecule has 0 radical (unpaired) electrons. The molecule has 1 aliphatic carbocycles. The van der Waals surface area contributed by atoms with E-state index in [4.69, 9.17) is 5.11 Å². The molecule has 0 bridgehead atoms. The highest BCUT2D eigenvalue weighted by Gasteiger charge is 2.19. The molecule has 0 aromatic heterocycles. The summed E-state index contributed by atoms with van der Waals surface area (Å²) in [6.45, 7) is 7.83. The van der Waals surface area contributed by atoms with Crippen LogP contribution in [0.15, 0.2) is 36.5 Å². The van der Waals surface area contributed by atoms with Crippen LogP contribution >= 0.6 is 0 Å². The van der Waals surface area contributed by atoms with Crippen molar-refractivity contribution in [1.29, 1.82) is 0 Å². The maximum atomic E-state index is 8.77. The molecule has 1 rings (SSSR count). The predicted octanol–water partition coefficient (Wildman–Crippen LogP) is 2.45. The van der Waals surface area contributed by atoms with Gasteiger partial charge in [0, 0.05) is 6.61 Å². The Labute approximate surface area is 74.1 Å². The molecule has 12 heavy (non-hydrogen) atoms. The zero-order chi connectivity index (χ0) is 8.97. The van der Waals surface area contributed by atoms with E-state index in [1.54, 1.807) is 0 Å². The van der Waals surface area contributed by atoms with Crippen LogP contribution in [0.5, 0.6) is 0 Å².